The number of imidazole rings is 1. The summed E-state index contributed by atoms with van der Waals surface area (Å²) in [6.07, 6.45) is 1.71. The van der Waals surface area contributed by atoms with Crippen LogP contribution in [0.2, 0.25) is 0 Å². The second kappa shape index (κ2) is 6.72. The normalized spacial score (nSPS) is 11.3. The quantitative estimate of drug-likeness (QED) is 0.592. The Hall–Kier alpha value is -3.41. The van der Waals surface area contributed by atoms with Crippen molar-refractivity contribution in [3.8, 4) is 23.0 Å². The predicted molar refractivity (Wildman–Crippen MR) is 107 cm³/mol. The standard InChI is InChI=1S/C21H21N5O/c1-13(2)27-18-11-10-17-21(25-18)26(15-8-6-14(3)7-9-15)20(24-17)16-5-4-12-23-19(16)22/h4-13H,1-3H3,(H2,22,23). The van der Waals surface area contributed by atoms with E-state index in [2.05, 4.69) is 24.0 Å². The topological polar surface area (TPSA) is 78.9 Å². The van der Waals surface area contributed by atoms with Crippen LogP contribution in [-0.2, 0) is 0 Å². The molecule has 0 aliphatic heterocycles. The molecule has 0 aliphatic rings. The average Bonchev–Trinajstić information content (AvgIpc) is 3.01. The molecule has 1 aromatic carbocycles. The number of benzene rings is 1. The summed E-state index contributed by atoms with van der Waals surface area (Å²) in [7, 11) is 0. The number of fused-ring (bicyclic) bond motifs is 1. The number of aromatic nitrogens is 4. The summed E-state index contributed by atoms with van der Waals surface area (Å²) in [4.78, 5) is 13.7. The van der Waals surface area contributed by atoms with Gasteiger partial charge in [0.25, 0.3) is 0 Å². The van der Waals surface area contributed by atoms with Crippen LogP contribution in [0.15, 0.2) is 54.7 Å². The molecule has 0 saturated heterocycles. The summed E-state index contributed by atoms with van der Waals surface area (Å²) < 4.78 is 7.78. The molecular weight excluding hydrogens is 338 g/mol. The first-order chi connectivity index (χ1) is 13.0. The molecule has 0 aliphatic carbocycles. The zero-order valence-electron chi connectivity index (χ0n) is 15.5. The molecule has 4 aromatic rings. The first-order valence-corrected chi connectivity index (χ1v) is 8.87. The third kappa shape index (κ3) is 3.21. The first-order valence-electron chi connectivity index (χ1n) is 8.87. The number of pyridine rings is 2. The average molecular weight is 359 g/mol. The van der Waals surface area contributed by atoms with Crippen LogP contribution in [0.25, 0.3) is 28.2 Å². The molecule has 6 heteroatoms. The van der Waals surface area contributed by atoms with Gasteiger partial charge in [0.2, 0.25) is 5.88 Å². The van der Waals surface area contributed by atoms with E-state index in [1.54, 1.807) is 6.20 Å². The Kier molecular flexibility index (Phi) is 4.24. The monoisotopic (exact) mass is 359 g/mol. The van der Waals surface area contributed by atoms with Crippen LogP contribution in [0.1, 0.15) is 19.4 Å². The SMILES string of the molecule is Cc1ccc(-n2c(-c3cccnc3N)nc3ccc(OC(C)C)nc32)cc1. The molecule has 6 nitrogen and oxygen atoms in total. The van der Waals surface area contributed by atoms with Gasteiger partial charge in [0.05, 0.1) is 11.7 Å². The third-order valence-electron chi connectivity index (χ3n) is 4.21. The lowest BCUT2D eigenvalue weighted by molar-refractivity contribution is 0.233. The van der Waals surface area contributed by atoms with Crippen molar-refractivity contribution in [2.75, 3.05) is 5.73 Å². The molecule has 2 N–H and O–H groups in total. The van der Waals surface area contributed by atoms with Crippen molar-refractivity contribution < 1.29 is 4.74 Å². The van der Waals surface area contributed by atoms with E-state index in [1.165, 1.54) is 5.56 Å². The Balaban J connectivity index is 2.00. The highest BCUT2D eigenvalue weighted by Crippen LogP contribution is 2.31. The summed E-state index contributed by atoms with van der Waals surface area (Å²) in [5.74, 6) is 1.70. The number of ether oxygens (including phenoxy) is 1. The van der Waals surface area contributed by atoms with Crippen LogP contribution >= 0.6 is 0 Å². The van der Waals surface area contributed by atoms with Gasteiger partial charge in [0.1, 0.15) is 11.3 Å². The van der Waals surface area contributed by atoms with Gasteiger partial charge in [-0.05, 0) is 51.1 Å². The smallest absolute Gasteiger partial charge is 0.215 e. The summed E-state index contributed by atoms with van der Waals surface area (Å²) in [6.45, 7) is 6.01. The van der Waals surface area contributed by atoms with Gasteiger partial charge in [-0.15, -0.1) is 0 Å². The molecule has 0 atom stereocenters. The number of nitrogens with zero attached hydrogens (tertiary/aromatic N) is 4. The van der Waals surface area contributed by atoms with Gasteiger partial charge < -0.3 is 10.5 Å². The Bertz CT molecular complexity index is 1100. The van der Waals surface area contributed by atoms with Crippen molar-refractivity contribution in [1.82, 2.24) is 19.5 Å². The molecule has 3 heterocycles. The maximum Gasteiger partial charge on any atom is 0.215 e. The van der Waals surface area contributed by atoms with Gasteiger partial charge in [0.15, 0.2) is 11.5 Å². The van der Waals surface area contributed by atoms with Gasteiger partial charge in [-0.1, -0.05) is 17.7 Å². The first kappa shape index (κ1) is 17.0. The second-order valence-electron chi connectivity index (χ2n) is 6.70. The molecule has 3 aromatic heterocycles. The Morgan fingerprint density at radius 3 is 2.48 bits per heavy atom. The number of nitrogen functional groups attached to an aromatic ring is 1. The third-order valence-corrected chi connectivity index (χ3v) is 4.21. The molecule has 4 rings (SSSR count). The molecule has 0 bridgehead atoms. The fourth-order valence-electron chi connectivity index (χ4n) is 2.97. The van der Waals surface area contributed by atoms with E-state index in [9.17, 15) is 0 Å². The lowest BCUT2D eigenvalue weighted by Crippen LogP contribution is -2.07. The molecule has 0 unspecified atom stereocenters. The van der Waals surface area contributed by atoms with E-state index in [-0.39, 0.29) is 6.10 Å². The van der Waals surface area contributed by atoms with E-state index in [0.29, 0.717) is 17.5 Å². The maximum absolute atomic E-state index is 6.13. The second-order valence-corrected chi connectivity index (χ2v) is 6.70. The van der Waals surface area contributed by atoms with Crippen molar-refractivity contribution in [3.05, 3.63) is 60.3 Å². The molecule has 0 amide bonds. The minimum Gasteiger partial charge on any atom is -0.475 e. The van der Waals surface area contributed by atoms with Gasteiger partial charge in [-0.3, -0.25) is 4.57 Å². The number of hydrogen-bond donors (Lipinski definition) is 1. The molecule has 136 valence electrons. The molecular formula is C21H21N5O. The van der Waals surface area contributed by atoms with Gasteiger partial charge >= 0.3 is 0 Å². The summed E-state index contributed by atoms with van der Waals surface area (Å²) in [5, 5.41) is 0. The lowest BCUT2D eigenvalue weighted by atomic mass is 10.2. The largest absolute Gasteiger partial charge is 0.475 e. The highest BCUT2D eigenvalue weighted by atomic mass is 16.5. The number of anilines is 1. The Morgan fingerprint density at radius 1 is 1.00 bits per heavy atom. The fraction of sp³-hybridized carbons (Fsp3) is 0.190. The number of aryl methyl sites for hydroxylation is 1. The molecule has 27 heavy (non-hydrogen) atoms. The maximum atomic E-state index is 6.13. The number of hydrogen-bond acceptors (Lipinski definition) is 5. The Morgan fingerprint density at radius 2 is 1.78 bits per heavy atom. The number of nitrogens with two attached hydrogens (primary N) is 1. The zero-order valence-corrected chi connectivity index (χ0v) is 15.5. The Labute approximate surface area is 157 Å². The summed E-state index contributed by atoms with van der Waals surface area (Å²) in [5.41, 5.74) is 10.5. The van der Waals surface area contributed by atoms with Crippen LogP contribution in [-0.4, -0.2) is 25.6 Å². The van der Waals surface area contributed by atoms with Crippen molar-refractivity contribution in [2.24, 2.45) is 0 Å². The molecule has 0 radical (unpaired) electrons. The van der Waals surface area contributed by atoms with Crippen molar-refractivity contribution >= 4 is 17.0 Å². The summed E-state index contributed by atoms with van der Waals surface area (Å²) >= 11 is 0. The fourth-order valence-corrected chi connectivity index (χ4v) is 2.97. The zero-order chi connectivity index (χ0) is 19.0. The minimum atomic E-state index is 0.0409. The van der Waals surface area contributed by atoms with Crippen molar-refractivity contribution in [3.63, 3.8) is 0 Å². The van der Waals surface area contributed by atoms with E-state index < -0.39 is 0 Å². The van der Waals surface area contributed by atoms with Gasteiger partial charge in [-0.2, -0.15) is 4.98 Å². The number of rotatable bonds is 4. The summed E-state index contributed by atoms with van der Waals surface area (Å²) in [6, 6.07) is 15.7. The predicted octanol–water partition coefficient (Wildman–Crippen LogP) is 4.16. The van der Waals surface area contributed by atoms with Crippen molar-refractivity contribution in [1.29, 1.82) is 0 Å². The molecule has 0 fully saturated rings. The highest BCUT2D eigenvalue weighted by Gasteiger charge is 2.18. The minimum absolute atomic E-state index is 0.0409. The van der Waals surface area contributed by atoms with Crippen molar-refractivity contribution in [2.45, 2.75) is 26.9 Å². The molecule has 0 saturated carbocycles. The van der Waals surface area contributed by atoms with Crippen LogP contribution < -0.4 is 10.5 Å². The highest BCUT2D eigenvalue weighted by molar-refractivity contribution is 5.83. The van der Waals surface area contributed by atoms with Crippen LogP contribution in [0, 0.1) is 6.92 Å². The van der Waals surface area contributed by atoms with E-state index in [0.717, 1.165) is 22.4 Å². The van der Waals surface area contributed by atoms with E-state index in [4.69, 9.17) is 20.4 Å². The lowest BCUT2D eigenvalue weighted by Gasteiger charge is -2.12. The van der Waals surface area contributed by atoms with Crippen LogP contribution in [0.4, 0.5) is 5.82 Å². The van der Waals surface area contributed by atoms with E-state index in [1.807, 2.05) is 54.8 Å². The van der Waals surface area contributed by atoms with Gasteiger partial charge in [0, 0.05) is 18.0 Å². The van der Waals surface area contributed by atoms with Gasteiger partial charge in [-0.25, -0.2) is 9.97 Å². The van der Waals surface area contributed by atoms with E-state index >= 15 is 0 Å². The molecule has 0 spiro atoms. The van der Waals surface area contributed by atoms with Crippen LogP contribution in [0.5, 0.6) is 5.88 Å². The van der Waals surface area contributed by atoms with Crippen LogP contribution in [0.3, 0.4) is 0 Å².